The van der Waals surface area contributed by atoms with Crippen molar-refractivity contribution < 1.29 is 13.3 Å². The van der Waals surface area contributed by atoms with Crippen LogP contribution in [-0.4, -0.2) is 42.3 Å². The Labute approximate surface area is 186 Å². The molecule has 4 heterocycles. The van der Waals surface area contributed by atoms with Gasteiger partial charge in [-0.15, -0.1) is 0 Å². The van der Waals surface area contributed by atoms with Crippen LogP contribution >= 0.6 is 0 Å². The van der Waals surface area contributed by atoms with Crippen LogP contribution in [0.15, 0.2) is 46.2 Å². The van der Waals surface area contributed by atoms with Crippen molar-refractivity contribution >= 4 is 16.9 Å². The van der Waals surface area contributed by atoms with Crippen LogP contribution in [0.1, 0.15) is 30.1 Å². The van der Waals surface area contributed by atoms with Crippen LogP contribution in [0.2, 0.25) is 0 Å². The van der Waals surface area contributed by atoms with E-state index in [1.54, 1.807) is 30.1 Å². The average Bonchev–Trinajstić information content (AvgIpc) is 3.20. The molecule has 9 nitrogen and oxygen atoms in total. The SMILES string of the molecule is Cn1cnc2ncn(Cc3nc(C4C5CN(c6ccc(C(C)(F)F)cc6)CC54)no3)c(=O)c21. The smallest absolute Gasteiger partial charge is 0.280 e. The zero-order valence-corrected chi connectivity index (χ0v) is 18.0. The van der Waals surface area contributed by atoms with Gasteiger partial charge in [-0.05, 0) is 24.0 Å². The first kappa shape index (κ1) is 20.0. The lowest BCUT2D eigenvalue weighted by atomic mass is 10.1. The molecule has 11 heteroatoms. The van der Waals surface area contributed by atoms with Crippen molar-refractivity contribution in [3.8, 4) is 0 Å². The Morgan fingerprint density at radius 2 is 1.82 bits per heavy atom. The highest BCUT2D eigenvalue weighted by molar-refractivity contribution is 5.68. The number of hydrogen-bond acceptors (Lipinski definition) is 7. The second-order valence-electron chi connectivity index (χ2n) is 8.95. The Hall–Kier alpha value is -3.63. The van der Waals surface area contributed by atoms with Gasteiger partial charge in [0.1, 0.15) is 12.9 Å². The van der Waals surface area contributed by atoms with E-state index in [4.69, 9.17) is 4.52 Å². The number of anilines is 1. The molecule has 2 aliphatic rings. The number of hydrogen-bond donors (Lipinski definition) is 0. The van der Waals surface area contributed by atoms with Gasteiger partial charge in [0.2, 0.25) is 5.89 Å². The molecule has 2 atom stereocenters. The van der Waals surface area contributed by atoms with Crippen LogP contribution < -0.4 is 10.5 Å². The van der Waals surface area contributed by atoms with E-state index < -0.39 is 5.92 Å². The van der Waals surface area contributed by atoms with Gasteiger partial charge in [-0.1, -0.05) is 17.3 Å². The van der Waals surface area contributed by atoms with E-state index in [1.165, 1.54) is 23.0 Å². The molecule has 1 aromatic carbocycles. The fourth-order valence-electron chi connectivity index (χ4n) is 4.88. The number of rotatable bonds is 5. The Morgan fingerprint density at radius 3 is 2.52 bits per heavy atom. The Balaban J connectivity index is 1.13. The Bertz CT molecular complexity index is 1390. The predicted molar refractivity (Wildman–Crippen MR) is 114 cm³/mol. The largest absolute Gasteiger partial charge is 0.371 e. The summed E-state index contributed by atoms with van der Waals surface area (Å²) >= 11 is 0. The van der Waals surface area contributed by atoms with Crippen molar-refractivity contribution in [1.29, 1.82) is 0 Å². The summed E-state index contributed by atoms with van der Waals surface area (Å²) in [7, 11) is 1.75. The van der Waals surface area contributed by atoms with Crippen molar-refractivity contribution in [2.24, 2.45) is 18.9 Å². The first-order valence-corrected chi connectivity index (χ1v) is 10.7. The van der Waals surface area contributed by atoms with E-state index in [1.807, 2.05) is 0 Å². The molecule has 6 rings (SSSR count). The summed E-state index contributed by atoms with van der Waals surface area (Å²) in [5.74, 6) is -0.808. The summed E-state index contributed by atoms with van der Waals surface area (Å²) in [5, 5.41) is 4.15. The summed E-state index contributed by atoms with van der Waals surface area (Å²) in [6.45, 7) is 2.69. The number of piperidine rings is 1. The lowest BCUT2D eigenvalue weighted by molar-refractivity contribution is 0.0175. The minimum Gasteiger partial charge on any atom is -0.371 e. The van der Waals surface area contributed by atoms with Crippen LogP contribution in [0.4, 0.5) is 14.5 Å². The third-order valence-corrected chi connectivity index (χ3v) is 6.72. The topological polar surface area (TPSA) is 94.9 Å². The molecule has 0 bridgehead atoms. The first-order valence-electron chi connectivity index (χ1n) is 10.7. The number of aryl methyl sites for hydroxylation is 1. The fraction of sp³-hybridized carbons (Fsp3) is 0.409. The van der Waals surface area contributed by atoms with Gasteiger partial charge in [-0.3, -0.25) is 9.36 Å². The summed E-state index contributed by atoms with van der Waals surface area (Å²) in [6, 6.07) is 6.48. The average molecular weight is 453 g/mol. The highest BCUT2D eigenvalue weighted by atomic mass is 19.3. The third-order valence-electron chi connectivity index (χ3n) is 6.72. The number of halogens is 2. The molecule has 1 aliphatic carbocycles. The number of imidazole rings is 1. The quantitative estimate of drug-likeness (QED) is 0.458. The third kappa shape index (κ3) is 3.30. The van der Waals surface area contributed by atoms with E-state index in [9.17, 15) is 13.6 Å². The minimum absolute atomic E-state index is 0.0182. The maximum absolute atomic E-state index is 13.4. The lowest BCUT2D eigenvalue weighted by Crippen LogP contribution is -2.24. The highest BCUT2D eigenvalue weighted by Crippen LogP contribution is 2.57. The molecule has 1 aliphatic heterocycles. The van der Waals surface area contributed by atoms with E-state index in [0.29, 0.717) is 34.7 Å². The van der Waals surface area contributed by atoms with Gasteiger partial charge in [0, 0.05) is 44.2 Å². The summed E-state index contributed by atoms with van der Waals surface area (Å²) in [6.07, 6.45) is 2.99. The molecule has 3 aromatic heterocycles. The summed E-state index contributed by atoms with van der Waals surface area (Å²) in [5.41, 5.74) is 1.57. The van der Waals surface area contributed by atoms with Gasteiger partial charge in [0.25, 0.3) is 11.5 Å². The monoisotopic (exact) mass is 453 g/mol. The zero-order valence-electron chi connectivity index (χ0n) is 18.0. The van der Waals surface area contributed by atoms with Crippen molar-refractivity contribution in [2.45, 2.75) is 25.3 Å². The summed E-state index contributed by atoms with van der Waals surface area (Å²) in [4.78, 5) is 27.7. The highest BCUT2D eigenvalue weighted by Gasteiger charge is 2.58. The van der Waals surface area contributed by atoms with Crippen LogP contribution in [0.25, 0.3) is 11.2 Å². The van der Waals surface area contributed by atoms with Crippen molar-refractivity contribution in [3.05, 3.63) is 64.6 Å². The first-order chi connectivity index (χ1) is 15.8. The zero-order chi connectivity index (χ0) is 22.9. The van der Waals surface area contributed by atoms with Crippen molar-refractivity contribution in [1.82, 2.24) is 29.2 Å². The normalized spacial score (nSPS) is 22.2. The van der Waals surface area contributed by atoms with Crippen LogP contribution in [-0.2, 0) is 19.5 Å². The Kier molecular flexibility index (Phi) is 4.20. The van der Waals surface area contributed by atoms with Gasteiger partial charge in [0.05, 0.1) is 6.33 Å². The molecule has 0 spiro atoms. The van der Waals surface area contributed by atoms with E-state index in [0.717, 1.165) is 25.7 Å². The maximum Gasteiger partial charge on any atom is 0.280 e. The van der Waals surface area contributed by atoms with Gasteiger partial charge >= 0.3 is 0 Å². The van der Waals surface area contributed by atoms with Crippen molar-refractivity contribution in [2.75, 3.05) is 18.0 Å². The van der Waals surface area contributed by atoms with Crippen LogP contribution in [0, 0.1) is 11.8 Å². The number of fused-ring (bicyclic) bond motifs is 2. The van der Waals surface area contributed by atoms with Gasteiger partial charge in [-0.25, -0.2) is 18.7 Å². The summed E-state index contributed by atoms with van der Waals surface area (Å²) < 4.78 is 35.4. The second kappa shape index (κ2) is 6.93. The van der Waals surface area contributed by atoms with E-state index >= 15 is 0 Å². The molecule has 0 N–H and O–H groups in total. The van der Waals surface area contributed by atoms with E-state index in [2.05, 4.69) is 25.0 Å². The molecule has 2 fully saturated rings. The molecule has 0 radical (unpaired) electrons. The predicted octanol–water partition coefficient (Wildman–Crippen LogP) is 2.52. The Morgan fingerprint density at radius 1 is 1.12 bits per heavy atom. The van der Waals surface area contributed by atoms with Crippen molar-refractivity contribution in [3.63, 3.8) is 0 Å². The molecule has 2 unspecified atom stereocenters. The maximum atomic E-state index is 13.4. The second-order valence-corrected chi connectivity index (χ2v) is 8.95. The number of aromatic nitrogens is 6. The molecular formula is C22H21F2N7O2. The fourth-order valence-corrected chi connectivity index (χ4v) is 4.88. The minimum atomic E-state index is -2.84. The van der Waals surface area contributed by atoms with Crippen LogP contribution in [0.5, 0.6) is 0 Å². The number of alkyl halides is 2. The molecule has 1 saturated carbocycles. The van der Waals surface area contributed by atoms with Crippen LogP contribution in [0.3, 0.4) is 0 Å². The molecule has 0 amide bonds. The standard InChI is InChI=1S/C22H21F2N7O2/c1-22(23,24)12-3-5-13(6-4-12)30-7-14-15(8-30)17(14)19-27-16(33-28-19)9-31-11-26-20-18(21(31)32)29(2)10-25-20/h3-6,10-11,14-15,17H,7-9H2,1-2H3. The molecule has 33 heavy (non-hydrogen) atoms. The van der Waals surface area contributed by atoms with Gasteiger partial charge < -0.3 is 14.0 Å². The molecule has 170 valence electrons. The lowest BCUT2D eigenvalue weighted by Gasteiger charge is -2.22. The van der Waals surface area contributed by atoms with E-state index in [-0.39, 0.29) is 23.6 Å². The molecule has 1 saturated heterocycles. The number of benzene rings is 1. The number of nitrogens with zero attached hydrogens (tertiary/aromatic N) is 7. The van der Waals surface area contributed by atoms with Gasteiger partial charge in [0.15, 0.2) is 17.0 Å². The molecular weight excluding hydrogens is 432 g/mol. The van der Waals surface area contributed by atoms with Gasteiger partial charge in [-0.2, -0.15) is 4.98 Å². The molecule has 4 aromatic rings.